The summed E-state index contributed by atoms with van der Waals surface area (Å²) in [5, 5.41) is 0. The molecule has 1 spiro atoms. The van der Waals surface area contributed by atoms with Gasteiger partial charge in [-0.1, -0.05) is 39.8 Å². The van der Waals surface area contributed by atoms with Gasteiger partial charge in [0.1, 0.15) is 6.10 Å². The van der Waals surface area contributed by atoms with Gasteiger partial charge in [0, 0.05) is 32.5 Å². The molecule has 1 saturated heterocycles. The van der Waals surface area contributed by atoms with E-state index in [9.17, 15) is 4.79 Å². The zero-order chi connectivity index (χ0) is 24.1. The summed E-state index contributed by atoms with van der Waals surface area (Å²) >= 11 is 0. The number of carbonyl (C=O) groups is 1. The van der Waals surface area contributed by atoms with Crippen LogP contribution >= 0.6 is 0 Å². The van der Waals surface area contributed by atoms with Gasteiger partial charge in [0.2, 0.25) is 0 Å². The van der Waals surface area contributed by atoms with Gasteiger partial charge in [0.05, 0.1) is 18.8 Å². The van der Waals surface area contributed by atoms with Gasteiger partial charge in [-0.15, -0.1) is 0 Å². The number of ether oxygens (including phenoxy) is 3. The fraction of sp³-hybridized carbons (Fsp3) is 0.889. The Morgan fingerprint density at radius 1 is 1.19 bits per heavy atom. The molecular formula is C27H49NO4. The molecule has 0 aromatic carbocycles. The fourth-order valence-corrected chi connectivity index (χ4v) is 5.07. The number of Topliss-reactive ketones (excluding diaryl/α,β-unsaturated/α-hetero) is 1. The number of nitrogens with zero attached hydrogens (tertiary/aromatic N) is 1. The fourth-order valence-electron chi connectivity index (χ4n) is 5.07. The van der Waals surface area contributed by atoms with Crippen LogP contribution in [0.15, 0.2) is 12.2 Å². The van der Waals surface area contributed by atoms with Gasteiger partial charge >= 0.3 is 0 Å². The third kappa shape index (κ3) is 7.65. The molecule has 0 bridgehead atoms. The highest BCUT2D eigenvalue weighted by molar-refractivity contribution is 5.80. The molecule has 0 N–H and O–H groups in total. The third-order valence-electron chi connectivity index (χ3n) is 7.78. The van der Waals surface area contributed by atoms with Crippen molar-refractivity contribution in [3.63, 3.8) is 0 Å². The van der Waals surface area contributed by atoms with Crippen molar-refractivity contribution < 1.29 is 19.0 Å². The largest absolute Gasteiger partial charge is 0.366 e. The Balaban J connectivity index is 1.88. The van der Waals surface area contributed by atoms with Crippen LogP contribution < -0.4 is 0 Å². The van der Waals surface area contributed by atoms with E-state index in [2.05, 4.69) is 39.2 Å². The summed E-state index contributed by atoms with van der Waals surface area (Å²) in [6, 6.07) is 0. The second-order valence-electron chi connectivity index (χ2n) is 11.5. The van der Waals surface area contributed by atoms with E-state index in [1.54, 1.807) is 6.92 Å². The van der Waals surface area contributed by atoms with E-state index < -0.39 is 6.10 Å². The van der Waals surface area contributed by atoms with Gasteiger partial charge in [-0.2, -0.15) is 0 Å². The monoisotopic (exact) mass is 451 g/mol. The lowest BCUT2D eigenvalue weighted by Crippen LogP contribution is -2.42. The Morgan fingerprint density at radius 2 is 1.81 bits per heavy atom. The molecule has 2 unspecified atom stereocenters. The number of rotatable bonds is 12. The first-order valence-corrected chi connectivity index (χ1v) is 12.7. The SMILES string of the molecule is C=C(C)CN(CCC1COC2(CCC(C(C)(C)C(C)C)CC2)O1)CC(OC(C)C)C(C)=O. The molecule has 1 aliphatic carbocycles. The minimum absolute atomic E-state index is 0.0257. The first-order valence-electron chi connectivity index (χ1n) is 12.7. The van der Waals surface area contributed by atoms with E-state index in [1.807, 2.05) is 20.8 Å². The molecule has 1 aliphatic heterocycles. The van der Waals surface area contributed by atoms with Gasteiger partial charge in [-0.3, -0.25) is 9.69 Å². The zero-order valence-corrected chi connectivity index (χ0v) is 22.0. The minimum atomic E-state index is -0.402. The van der Waals surface area contributed by atoms with Gasteiger partial charge in [-0.25, -0.2) is 0 Å². The van der Waals surface area contributed by atoms with Crippen molar-refractivity contribution >= 4 is 5.78 Å². The number of hydrogen-bond acceptors (Lipinski definition) is 5. The Morgan fingerprint density at radius 3 is 2.31 bits per heavy atom. The number of carbonyl (C=O) groups excluding carboxylic acids is 1. The summed E-state index contributed by atoms with van der Waals surface area (Å²) in [5.74, 6) is 1.11. The molecular weight excluding hydrogens is 402 g/mol. The van der Waals surface area contributed by atoms with Crippen molar-refractivity contribution in [3.05, 3.63) is 12.2 Å². The molecule has 0 aromatic rings. The summed E-state index contributed by atoms with van der Waals surface area (Å²) in [7, 11) is 0. The molecule has 0 radical (unpaired) electrons. The maximum atomic E-state index is 12.1. The molecule has 0 aromatic heterocycles. The lowest BCUT2D eigenvalue weighted by Gasteiger charge is -2.44. The molecule has 2 aliphatic rings. The maximum absolute atomic E-state index is 12.1. The van der Waals surface area contributed by atoms with Gasteiger partial charge in [0.25, 0.3) is 0 Å². The van der Waals surface area contributed by atoms with Crippen LogP contribution in [0.4, 0.5) is 0 Å². The van der Waals surface area contributed by atoms with E-state index in [-0.39, 0.29) is 23.8 Å². The van der Waals surface area contributed by atoms with Gasteiger partial charge in [-0.05, 0) is 64.2 Å². The molecule has 2 fully saturated rings. The lowest BCUT2D eigenvalue weighted by molar-refractivity contribution is -0.198. The zero-order valence-electron chi connectivity index (χ0n) is 22.0. The highest BCUT2D eigenvalue weighted by Crippen LogP contribution is 2.48. The topological polar surface area (TPSA) is 48.0 Å². The summed E-state index contributed by atoms with van der Waals surface area (Å²) in [4.78, 5) is 14.4. The predicted octanol–water partition coefficient (Wildman–Crippen LogP) is 5.62. The molecule has 186 valence electrons. The van der Waals surface area contributed by atoms with E-state index >= 15 is 0 Å². The highest BCUT2D eigenvalue weighted by atomic mass is 16.7. The molecule has 5 nitrogen and oxygen atoms in total. The Kier molecular flexibility index (Phi) is 9.96. The second kappa shape index (κ2) is 11.6. The number of hydrogen-bond donors (Lipinski definition) is 0. The average molecular weight is 452 g/mol. The van der Waals surface area contributed by atoms with Crippen LogP contribution in [-0.2, 0) is 19.0 Å². The molecule has 2 atom stereocenters. The van der Waals surface area contributed by atoms with Crippen molar-refractivity contribution in [2.75, 3.05) is 26.2 Å². The van der Waals surface area contributed by atoms with Crippen LogP contribution in [0.3, 0.4) is 0 Å². The Hall–Kier alpha value is -0.750. The average Bonchev–Trinajstić information content (AvgIpc) is 3.07. The van der Waals surface area contributed by atoms with Crippen LogP contribution in [0.25, 0.3) is 0 Å². The molecule has 5 heteroatoms. The van der Waals surface area contributed by atoms with Crippen molar-refractivity contribution in [1.82, 2.24) is 4.90 Å². The van der Waals surface area contributed by atoms with Crippen molar-refractivity contribution in [2.24, 2.45) is 17.3 Å². The summed E-state index contributed by atoms with van der Waals surface area (Å²) in [6.07, 6.45) is 4.96. The molecule has 0 amide bonds. The van der Waals surface area contributed by atoms with Crippen LogP contribution in [0.2, 0.25) is 0 Å². The van der Waals surface area contributed by atoms with Gasteiger partial charge in [0.15, 0.2) is 11.6 Å². The van der Waals surface area contributed by atoms with E-state index in [0.717, 1.165) is 43.8 Å². The first-order chi connectivity index (χ1) is 14.8. The first kappa shape index (κ1) is 27.5. The third-order valence-corrected chi connectivity index (χ3v) is 7.78. The summed E-state index contributed by atoms with van der Waals surface area (Å²) in [5.41, 5.74) is 1.44. The Labute approximate surface area is 197 Å². The van der Waals surface area contributed by atoms with Gasteiger partial charge < -0.3 is 14.2 Å². The lowest BCUT2D eigenvalue weighted by atomic mass is 9.64. The number of ketones is 1. The van der Waals surface area contributed by atoms with Crippen LogP contribution in [0.1, 0.15) is 87.5 Å². The normalized spacial score (nSPS) is 27.6. The van der Waals surface area contributed by atoms with Crippen LogP contribution in [0, 0.1) is 17.3 Å². The molecule has 32 heavy (non-hydrogen) atoms. The Bertz CT molecular complexity index is 619. The minimum Gasteiger partial charge on any atom is -0.366 e. The molecule has 2 rings (SSSR count). The molecule has 1 heterocycles. The van der Waals surface area contributed by atoms with Crippen LogP contribution in [-0.4, -0.2) is 61.0 Å². The van der Waals surface area contributed by atoms with E-state index in [1.165, 1.54) is 12.8 Å². The van der Waals surface area contributed by atoms with E-state index in [4.69, 9.17) is 14.2 Å². The van der Waals surface area contributed by atoms with Crippen molar-refractivity contribution in [1.29, 1.82) is 0 Å². The maximum Gasteiger partial charge on any atom is 0.168 e. The summed E-state index contributed by atoms with van der Waals surface area (Å²) < 4.78 is 18.6. The van der Waals surface area contributed by atoms with Crippen LogP contribution in [0.5, 0.6) is 0 Å². The summed E-state index contributed by atoms with van der Waals surface area (Å²) in [6.45, 7) is 24.0. The molecule has 1 saturated carbocycles. The van der Waals surface area contributed by atoms with Crippen molar-refractivity contribution in [3.8, 4) is 0 Å². The quantitative estimate of drug-likeness (QED) is 0.360. The standard InChI is InChI=1S/C27H49NO4/c1-19(2)16-28(17-25(22(7)29)31-21(5)6)15-12-24-18-30-27(32-24)13-10-23(11-14-27)26(8,9)20(3)4/h20-21,23-25H,1,10-18H2,2-9H3. The second-order valence-corrected chi connectivity index (χ2v) is 11.5. The van der Waals surface area contributed by atoms with Crippen molar-refractivity contribution in [2.45, 2.75) is 112 Å². The highest BCUT2D eigenvalue weighted by Gasteiger charge is 2.47. The predicted molar refractivity (Wildman–Crippen MR) is 131 cm³/mol. The van der Waals surface area contributed by atoms with E-state index in [0.29, 0.717) is 24.5 Å². The smallest absolute Gasteiger partial charge is 0.168 e.